The third-order valence-corrected chi connectivity index (χ3v) is 5.00. The Morgan fingerprint density at radius 1 is 1.30 bits per heavy atom. The van der Waals surface area contributed by atoms with Crippen molar-refractivity contribution in [2.24, 2.45) is 0 Å². The first-order valence-corrected chi connectivity index (χ1v) is 7.56. The molecule has 2 rings (SSSR count). The van der Waals surface area contributed by atoms with Gasteiger partial charge in [-0.1, -0.05) is 11.3 Å². The average Bonchev–Trinajstić information content (AvgIpc) is 2.92. The Hall–Kier alpha value is -1.67. The largest absolute Gasteiger partial charge is 0.481 e. The zero-order valence-corrected chi connectivity index (χ0v) is 13.0. The van der Waals surface area contributed by atoms with Crippen LogP contribution in [0, 0.1) is 0 Å². The highest BCUT2D eigenvalue weighted by Gasteiger charge is 2.18. The van der Waals surface area contributed by atoms with Gasteiger partial charge in [0.1, 0.15) is 4.83 Å². The van der Waals surface area contributed by atoms with Gasteiger partial charge in [-0.15, -0.1) is 11.3 Å². The van der Waals surface area contributed by atoms with E-state index in [1.165, 1.54) is 27.6 Å². The third kappa shape index (κ3) is 3.07. The second-order valence-corrected chi connectivity index (χ2v) is 6.58. The SMILES string of the molecule is CN(CCC(=O)O)C(=O)c1cc2sc(N(C)C)nc2s1. The van der Waals surface area contributed by atoms with E-state index in [9.17, 15) is 9.59 Å². The van der Waals surface area contributed by atoms with Crippen LogP contribution in [0.15, 0.2) is 6.07 Å². The number of hydrogen-bond donors (Lipinski definition) is 1. The van der Waals surface area contributed by atoms with Crippen LogP contribution < -0.4 is 4.90 Å². The molecule has 0 radical (unpaired) electrons. The quantitative estimate of drug-likeness (QED) is 0.913. The van der Waals surface area contributed by atoms with Gasteiger partial charge in [0.25, 0.3) is 5.91 Å². The van der Waals surface area contributed by atoms with Crippen molar-refractivity contribution in [3.05, 3.63) is 10.9 Å². The minimum atomic E-state index is -0.908. The van der Waals surface area contributed by atoms with E-state index in [2.05, 4.69) is 4.98 Å². The number of fused-ring (bicyclic) bond motifs is 1. The van der Waals surface area contributed by atoms with Crippen LogP contribution in [0.3, 0.4) is 0 Å². The fraction of sp³-hybridized carbons (Fsp3) is 0.417. The molecule has 0 spiro atoms. The van der Waals surface area contributed by atoms with E-state index in [1.807, 2.05) is 25.1 Å². The molecule has 8 heteroatoms. The van der Waals surface area contributed by atoms with Crippen LogP contribution in [0.4, 0.5) is 5.13 Å². The van der Waals surface area contributed by atoms with Crippen LogP contribution in [0.2, 0.25) is 0 Å². The molecule has 0 fully saturated rings. The fourth-order valence-electron chi connectivity index (χ4n) is 1.57. The molecule has 2 aromatic rings. The Morgan fingerprint density at radius 3 is 2.55 bits per heavy atom. The fourth-order valence-corrected chi connectivity index (χ4v) is 3.70. The molecule has 0 aliphatic rings. The lowest BCUT2D eigenvalue weighted by Gasteiger charge is -2.14. The molecular formula is C12H15N3O3S2. The maximum atomic E-state index is 12.2. The lowest BCUT2D eigenvalue weighted by atomic mass is 10.3. The minimum absolute atomic E-state index is 0.0506. The van der Waals surface area contributed by atoms with Gasteiger partial charge in [-0.25, -0.2) is 4.98 Å². The molecule has 0 aliphatic carbocycles. The van der Waals surface area contributed by atoms with Gasteiger partial charge < -0.3 is 14.9 Å². The summed E-state index contributed by atoms with van der Waals surface area (Å²) in [6.45, 7) is 0.204. The highest BCUT2D eigenvalue weighted by atomic mass is 32.1. The normalized spacial score (nSPS) is 10.8. The summed E-state index contributed by atoms with van der Waals surface area (Å²) in [6, 6.07) is 1.82. The van der Waals surface area contributed by atoms with Crippen molar-refractivity contribution < 1.29 is 14.7 Å². The van der Waals surface area contributed by atoms with Crippen molar-refractivity contribution >= 4 is 49.2 Å². The summed E-state index contributed by atoms with van der Waals surface area (Å²) < 4.78 is 0.980. The molecule has 0 unspecified atom stereocenters. The monoisotopic (exact) mass is 313 g/mol. The van der Waals surface area contributed by atoms with E-state index in [0.29, 0.717) is 4.88 Å². The number of aromatic nitrogens is 1. The van der Waals surface area contributed by atoms with Crippen LogP contribution in [0.1, 0.15) is 16.1 Å². The predicted octanol–water partition coefficient (Wildman–Crippen LogP) is 1.97. The Labute approximate surface area is 124 Å². The van der Waals surface area contributed by atoms with E-state index in [-0.39, 0.29) is 18.9 Å². The van der Waals surface area contributed by atoms with Crippen LogP contribution in [0.5, 0.6) is 0 Å². The Bertz CT molecular complexity index is 616. The number of thiophene rings is 1. The Morgan fingerprint density at radius 2 is 2.00 bits per heavy atom. The van der Waals surface area contributed by atoms with Crippen LogP contribution in [-0.4, -0.2) is 54.6 Å². The number of amides is 1. The van der Waals surface area contributed by atoms with E-state index in [1.54, 1.807) is 7.05 Å². The first-order chi connectivity index (χ1) is 9.38. The molecule has 1 N–H and O–H groups in total. The molecule has 1 amide bonds. The van der Waals surface area contributed by atoms with Gasteiger partial charge in [0.15, 0.2) is 5.13 Å². The number of carboxylic acids is 1. The summed E-state index contributed by atoms with van der Waals surface area (Å²) in [5.74, 6) is -1.07. The molecule has 6 nitrogen and oxygen atoms in total. The number of aliphatic carboxylic acids is 1. The lowest BCUT2D eigenvalue weighted by Crippen LogP contribution is -2.28. The minimum Gasteiger partial charge on any atom is -0.481 e. The van der Waals surface area contributed by atoms with Crippen LogP contribution in [-0.2, 0) is 4.79 Å². The van der Waals surface area contributed by atoms with E-state index >= 15 is 0 Å². The number of rotatable bonds is 5. The molecule has 0 bridgehead atoms. The van der Waals surface area contributed by atoms with Crippen molar-refractivity contribution in [2.75, 3.05) is 32.6 Å². The highest BCUT2D eigenvalue weighted by Crippen LogP contribution is 2.34. The zero-order chi connectivity index (χ0) is 14.9. The summed E-state index contributed by atoms with van der Waals surface area (Å²) >= 11 is 2.87. The summed E-state index contributed by atoms with van der Waals surface area (Å²) in [5, 5.41) is 9.54. The maximum Gasteiger partial charge on any atom is 0.305 e. The highest BCUT2D eigenvalue weighted by molar-refractivity contribution is 7.29. The number of carbonyl (C=O) groups excluding carboxylic acids is 1. The summed E-state index contributed by atoms with van der Waals surface area (Å²) in [7, 11) is 5.46. The van der Waals surface area contributed by atoms with Crippen LogP contribution >= 0.6 is 22.7 Å². The number of carboxylic acid groups (broad SMARTS) is 1. The number of thiazole rings is 1. The second kappa shape index (κ2) is 5.76. The first kappa shape index (κ1) is 14.7. The van der Waals surface area contributed by atoms with E-state index < -0.39 is 5.97 Å². The molecule has 2 aromatic heterocycles. The molecule has 108 valence electrons. The van der Waals surface area contributed by atoms with Crippen molar-refractivity contribution in [2.45, 2.75) is 6.42 Å². The maximum absolute atomic E-state index is 12.2. The van der Waals surface area contributed by atoms with Gasteiger partial charge in [-0.2, -0.15) is 0 Å². The summed E-state index contributed by atoms with van der Waals surface area (Å²) in [4.78, 5) is 31.9. The van der Waals surface area contributed by atoms with Gasteiger partial charge in [-0.05, 0) is 6.07 Å². The summed E-state index contributed by atoms with van der Waals surface area (Å²) in [5.41, 5.74) is 0. The van der Waals surface area contributed by atoms with Crippen molar-refractivity contribution in [1.29, 1.82) is 0 Å². The standard InChI is InChI=1S/C12H15N3O3S2/c1-14(2)12-13-10-7(20-12)6-8(19-10)11(18)15(3)5-4-9(16)17/h6H,4-5H2,1-3H3,(H,16,17). The van der Waals surface area contributed by atoms with Gasteiger partial charge in [0, 0.05) is 27.7 Å². The number of carbonyl (C=O) groups is 2. The topological polar surface area (TPSA) is 73.7 Å². The van der Waals surface area contributed by atoms with E-state index in [4.69, 9.17) is 5.11 Å². The summed E-state index contributed by atoms with van der Waals surface area (Å²) in [6.07, 6.45) is -0.0506. The van der Waals surface area contributed by atoms with Gasteiger partial charge in [0.05, 0.1) is 16.0 Å². The predicted molar refractivity (Wildman–Crippen MR) is 81.0 cm³/mol. The third-order valence-electron chi connectivity index (χ3n) is 2.68. The molecule has 0 saturated heterocycles. The van der Waals surface area contributed by atoms with Gasteiger partial charge in [0.2, 0.25) is 0 Å². The van der Waals surface area contributed by atoms with Gasteiger partial charge in [-0.3, -0.25) is 9.59 Å². The zero-order valence-electron chi connectivity index (χ0n) is 11.4. The van der Waals surface area contributed by atoms with Crippen molar-refractivity contribution in [1.82, 2.24) is 9.88 Å². The van der Waals surface area contributed by atoms with E-state index in [0.717, 1.165) is 14.7 Å². The van der Waals surface area contributed by atoms with Crippen molar-refractivity contribution in [3.8, 4) is 0 Å². The average molecular weight is 313 g/mol. The smallest absolute Gasteiger partial charge is 0.305 e. The molecular weight excluding hydrogens is 298 g/mol. The number of hydrogen-bond acceptors (Lipinski definition) is 6. The molecule has 0 saturated carbocycles. The molecule has 2 heterocycles. The molecule has 0 aliphatic heterocycles. The Balaban J connectivity index is 2.14. The Kier molecular flexibility index (Phi) is 4.24. The first-order valence-electron chi connectivity index (χ1n) is 5.93. The van der Waals surface area contributed by atoms with Crippen LogP contribution in [0.25, 0.3) is 9.53 Å². The lowest BCUT2D eigenvalue weighted by molar-refractivity contribution is -0.137. The van der Waals surface area contributed by atoms with Gasteiger partial charge >= 0.3 is 5.97 Å². The van der Waals surface area contributed by atoms with Crippen molar-refractivity contribution in [3.63, 3.8) is 0 Å². The second-order valence-electron chi connectivity index (χ2n) is 4.54. The number of nitrogens with zero attached hydrogens (tertiary/aromatic N) is 3. The molecule has 0 atom stereocenters. The molecule has 20 heavy (non-hydrogen) atoms. The molecule has 0 aromatic carbocycles. The number of anilines is 1.